The number of hydrazone groups is 1. The fourth-order valence-electron chi connectivity index (χ4n) is 4.07. The molecule has 0 aliphatic carbocycles. The Labute approximate surface area is 220 Å². The van der Waals surface area contributed by atoms with E-state index >= 15 is 0 Å². The van der Waals surface area contributed by atoms with Crippen LogP contribution in [0.25, 0.3) is 0 Å². The molecule has 0 radical (unpaired) electrons. The largest absolute Gasteiger partial charge is 0.431 e. The first-order chi connectivity index (χ1) is 18.1. The van der Waals surface area contributed by atoms with Gasteiger partial charge >= 0.3 is 6.18 Å². The summed E-state index contributed by atoms with van der Waals surface area (Å²) in [5.74, 6) is -1.56. The zero-order chi connectivity index (χ0) is 28.5. The van der Waals surface area contributed by atoms with Crippen molar-refractivity contribution in [2.45, 2.75) is 52.9 Å². The monoisotopic (exact) mass is 535 g/mol. The fraction of sp³-hybridized carbons (Fsp3) is 0.444. The Morgan fingerprint density at radius 2 is 1.68 bits per heavy atom. The summed E-state index contributed by atoms with van der Waals surface area (Å²) < 4.78 is 60.9. The maximum Gasteiger partial charge on any atom is 0.431 e. The van der Waals surface area contributed by atoms with E-state index < -0.39 is 35.7 Å². The van der Waals surface area contributed by atoms with Crippen LogP contribution in [-0.4, -0.2) is 54.7 Å². The predicted octanol–water partition coefficient (Wildman–Crippen LogP) is 5.85. The van der Waals surface area contributed by atoms with Crippen LogP contribution in [0.5, 0.6) is 0 Å². The first kappa shape index (κ1) is 30.7. The number of amides is 1. The molecule has 2 aliphatic rings. The van der Waals surface area contributed by atoms with Crippen molar-refractivity contribution in [1.82, 2.24) is 4.90 Å². The van der Waals surface area contributed by atoms with E-state index in [1.165, 1.54) is 6.07 Å². The highest BCUT2D eigenvalue weighted by Gasteiger charge is 2.59. The van der Waals surface area contributed by atoms with Gasteiger partial charge in [0.25, 0.3) is 5.91 Å². The van der Waals surface area contributed by atoms with Crippen molar-refractivity contribution < 1.29 is 27.1 Å². The summed E-state index contributed by atoms with van der Waals surface area (Å²) >= 11 is 0. The Morgan fingerprint density at radius 1 is 1.08 bits per heavy atom. The maximum absolute atomic E-state index is 14.0. The minimum Gasteiger partial charge on any atom is -0.379 e. The van der Waals surface area contributed by atoms with Gasteiger partial charge in [-0.2, -0.15) is 23.5 Å². The Bertz CT molecular complexity index is 1160. The van der Waals surface area contributed by atoms with Crippen LogP contribution in [0.15, 0.2) is 47.6 Å². The molecule has 2 heterocycles. The molecule has 206 valence electrons. The van der Waals surface area contributed by atoms with Crippen molar-refractivity contribution >= 4 is 23.0 Å². The molecule has 11 heteroatoms. The van der Waals surface area contributed by atoms with Crippen LogP contribution in [-0.2, 0) is 9.53 Å². The molecule has 0 saturated carbocycles. The maximum atomic E-state index is 14.0. The Kier molecular flexibility index (Phi) is 10.8. The van der Waals surface area contributed by atoms with Crippen LogP contribution >= 0.6 is 0 Å². The molecule has 38 heavy (non-hydrogen) atoms. The second-order valence-corrected chi connectivity index (χ2v) is 8.05. The lowest BCUT2D eigenvalue weighted by Gasteiger charge is -2.46. The molecular weight excluding hydrogens is 502 g/mol. The Hall–Kier alpha value is -3.49. The van der Waals surface area contributed by atoms with Crippen LogP contribution in [0.3, 0.4) is 0 Å². The summed E-state index contributed by atoms with van der Waals surface area (Å²) in [4.78, 5) is 15.4. The molecular formula is C27H33F4N5O2. The van der Waals surface area contributed by atoms with Crippen molar-refractivity contribution in [3.63, 3.8) is 0 Å². The lowest BCUT2D eigenvalue weighted by molar-refractivity contribution is -0.131. The number of nitriles is 1. The van der Waals surface area contributed by atoms with Gasteiger partial charge in [0.15, 0.2) is 0 Å². The van der Waals surface area contributed by atoms with Gasteiger partial charge in [0.1, 0.15) is 17.6 Å². The van der Waals surface area contributed by atoms with Crippen molar-refractivity contribution in [2.24, 2.45) is 5.10 Å². The second-order valence-electron chi connectivity index (χ2n) is 8.05. The van der Waals surface area contributed by atoms with E-state index in [1.807, 2.05) is 34.6 Å². The highest BCUT2D eigenvalue weighted by molar-refractivity contribution is 6.07. The highest BCUT2D eigenvalue weighted by atomic mass is 19.4. The normalized spacial score (nSPS) is 19.3. The summed E-state index contributed by atoms with van der Waals surface area (Å²) in [6, 6.07) is 11.8. The first-order valence-electron chi connectivity index (χ1n) is 12.5. The van der Waals surface area contributed by atoms with E-state index in [4.69, 9.17) is 4.74 Å². The molecule has 2 aromatic carbocycles. The number of halogens is 4. The van der Waals surface area contributed by atoms with Crippen molar-refractivity contribution in [3.05, 3.63) is 59.4 Å². The van der Waals surface area contributed by atoms with Crippen molar-refractivity contribution in [1.29, 1.82) is 5.26 Å². The number of morpholine rings is 1. The molecule has 1 atom stereocenters. The molecule has 1 amide bonds. The van der Waals surface area contributed by atoms with Gasteiger partial charge in [0, 0.05) is 25.2 Å². The quantitative estimate of drug-likeness (QED) is 0.497. The number of nitrogens with zero attached hydrogens (tertiary/aromatic N) is 4. The van der Waals surface area contributed by atoms with Gasteiger partial charge in [0.2, 0.25) is 5.66 Å². The van der Waals surface area contributed by atoms with Gasteiger partial charge in [-0.3, -0.25) is 9.69 Å². The molecule has 1 fully saturated rings. The summed E-state index contributed by atoms with van der Waals surface area (Å²) in [6.07, 6.45) is -5.55. The molecule has 0 unspecified atom stereocenters. The molecule has 0 bridgehead atoms. The number of carbonyl (C=O) groups is 1. The number of hydrogen-bond acceptors (Lipinski definition) is 6. The molecule has 0 spiro atoms. The summed E-state index contributed by atoms with van der Waals surface area (Å²) in [5, 5.41) is 16.7. The SMILES string of the molecule is CC.CC.Cc1ccc(NC(=O)[C@@]2(N3CCOCC3)CC(C(F)(F)F)=NN2c2ccc(F)c(C#N)c2)cc1. The van der Waals surface area contributed by atoms with Crippen LogP contribution in [0.1, 0.15) is 45.2 Å². The molecule has 1 N–H and O–H groups in total. The number of aryl methyl sites for hydroxylation is 1. The van der Waals surface area contributed by atoms with Gasteiger partial charge in [-0.25, -0.2) is 9.40 Å². The van der Waals surface area contributed by atoms with E-state index in [-0.39, 0.29) is 37.6 Å². The summed E-state index contributed by atoms with van der Waals surface area (Å²) in [7, 11) is 0. The molecule has 2 aromatic rings. The number of nitrogens with one attached hydrogen (secondary N) is 1. The number of ether oxygens (including phenoxy) is 1. The van der Waals surface area contributed by atoms with Crippen LogP contribution in [0.2, 0.25) is 0 Å². The highest BCUT2D eigenvalue weighted by Crippen LogP contribution is 2.41. The van der Waals surface area contributed by atoms with Crippen LogP contribution in [0.4, 0.5) is 28.9 Å². The Balaban J connectivity index is 0.00000121. The van der Waals surface area contributed by atoms with Crippen LogP contribution in [0, 0.1) is 24.1 Å². The first-order valence-corrected chi connectivity index (χ1v) is 12.5. The minimum absolute atomic E-state index is 0.0113. The van der Waals surface area contributed by atoms with E-state index in [0.717, 1.165) is 22.7 Å². The van der Waals surface area contributed by atoms with E-state index in [2.05, 4.69) is 10.4 Å². The Morgan fingerprint density at radius 3 is 2.24 bits per heavy atom. The predicted molar refractivity (Wildman–Crippen MR) is 139 cm³/mol. The molecule has 1 saturated heterocycles. The summed E-state index contributed by atoms with van der Waals surface area (Å²) in [5.41, 5.74) is -2.10. The average molecular weight is 536 g/mol. The zero-order valence-electron chi connectivity index (χ0n) is 22.2. The average Bonchev–Trinajstić information content (AvgIpc) is 3.36. The number of hydrogen-bond donors (Lipinski definition) is 1. The molecule has 7 nitrogen and oxygen atoms in total. The molecule has 4 rings (SSSR count). The third-order valence-electron chi connectivity index (χ3n) is 5.83. The number of anilines is 2. The number of rotatable bonds is 4. The van der Waals surface area contributed by atoms with E-state index in [0.29, 0.717) is 5.69 Å². The second kappa shape index (κ2) is 13.3. The van der Waals surface area contributed by atoms with Gasteiger partial charge in [-0.1, -0.05) is 45.4 Å². The number of carbonyl (C=O) groups excluding carboxylic acids is 1. The van der Waals surface area contributed by atoms with Gasteiger partial charge < -0.3 is 10.1 Å². The number of alkyl halides is 3. The third-order valence-corrected chi connectivity index (χ3v) is 5.83. The molecule has 0 aromatic heterocycles. The van der Waals surface area contributed by atoms with Gasteiger partial charge in [-0.05, 0) is 37.3 Å². The van der Waals surface area contributed by atoms with Crippen molar-refractivity contribution in [3.8, 4) is 6.07 Å². The smallest absolute Gasteiger partial charge is 0.379 e. The topological polar surface area (TPSA) is 81.0 Å². The van der Waals surface area contributed by atoms with Gasteiger partial charge in [0.05, 0.1) is 24.5 Å². The van der Waals surface area contributed by atoms with Gasteiger partial charge in [-0.15, -0.1) is 0 Å². The van der Waals surface area contributed by atoms with E-state index in [1.54, 1.807) is 35.2 Å². The standard InChI is InChI=1S/C23H21F4N5O2.2C2H6/c1-15-2-4-17(5-3-15)29-21(33)22(31-8-10-34-11-9-31)13-20(23(25,26)27)30-32(22)18-6-7-19(24)16(12-18)14-28;2*1-2/h2-7,12H,8-11,13H2,1H3,(H,29,33);2*1-2H3/t22-;;/m1../s1. The lowest BCUT2D eigenvalue weighted by atomic mass is 9.97. The van der Waals surface area contributed by atoms with Crippen LogP contribution < -0.4 is 10.3 Å². The zero-order valence-corrected chi connectivity index (χ0v) is 22.2. The minimum atomic E-state index is -4.80. The summed E-state index contributed by atoms with van der Waals surface area (Å²) in [6.45, 7) is 10.6. The number of benzene rings is 2. The fourth-order valence-corrected chi connectivity index (χ4v) is 4.07. The third kappa shape index (κ3) is 6.49. The van der Waals surface area contributed by atoms with E-state index in [9.17, 15) is 27.6 Å². The van der Waals surface area contributed by atoms with Crippen molar-refractivity contribution in [2.75, 3.05) is 36.6 Å². The molecule has 2 aliphatic heterocycles. The lowest BCUT2D eigenvalue weighted by Crippen LogP contribution is -2.66.